The maximum absolute atomic E-state index is 8.66. The van der Waals surface area contributed by atoms with Crippen LogP contribution in [0.25, 0.3) is 0 Å². The number of amidine groups is 1. The molecule has 0 saturated heterocycles. The van der Waals surface area contributed by atoms with E-state index in [9.17, 15) is 0 Å². The lowest BCUT2D eigenvalue weighted by Gasteiger charge is -2.22. The van der Waals surface area contributed by atoms with Crippen LogP contribution in [0.2, 0.25) is 0 Å². The van der Waals surface area contributed by atoms with Crippen molar-refractivity contribution in [2.45, 2.75) is 40.0 Å². The van der Waals surface area contributed by atoms with E-state index in [1.54, 1.807) is 7.11 Å². The normalized spacial score (nSPS) is 14.8. The SMILES string of the molecule is COCC(C)CNCCCCC(C)(C)C(N)=NO. The Morgan fingerprint density at radius 1 is 1.44 bits per heavy atom. The number of nitrogens with one attached hydrogen (secondary N) is 1. The van der Waals surface area contributed by atoms with Gasteiger partial charge in [-0.3, -0.25) is 0 Å². The van der Waals surface area contributed by atoms with Gasteiger partial charge in [-0.05, 0) is 31.8 Å². The number of methoxy groups -OCH3 is 1. The van der Waals surface area contributed by atoms with Gasteiger partial charge < -0.3 is 21.0 Å². The van der Waals surface area contributed by atoms with Gasteiger partial charge in [0.1, 0.15) is 5.84 Å². The Bertz CT molecular complexity index is 242. The largest absolute Gasteiger partial charge is 0.409 e. The third-order valence-corrected chi connectivity index (χ3v) is 3.15. The molecule has 5 nitrogen and oxygen atoms in total. The lowest BCUT2D eigenvalue weighted by molar-refractivity contribution is 0.158. The van der Waals surface area contributed by atoms with Gasteiger partial charge in [0.05, 0.1) is 0 Å². The number of unbranched alkanes of at least 4 members (excludes halogenated alkanes) is 1. The molecule has 1 atom stereocenters. The van der Waals surface area contributed by atoms with Crippen LogP contribution in [0.1, 0.15) is 40.0 Å². The van der Waals surface area contributed by atoms with Crippen LogP contribution in [0, 0.1) is 11.3 Å². The summed E-state index contributed by atoms with van der Waals surface area (Å²) in [5, 5.41) is 15.2. The summed E-state index contributed by atoms with van der Waals surface area (Å²) in [7, 11) is 1.73. The van der Waals surface area contributed by atoms with Gasteiger partial charge in [-0.2, -0.15) is 0 Å². The van der Waals surface area contributed by atoms with Crippen LogP contribution < -0.4 is 11.1 Å². The van der Waals surface area contributed by atoms with Crippen molar-refractivity contribution in [3.63, 3.8) is 0 Å². The molecule has 5 heteroatoms. The molecular formula is C13H29N3O2. The van der Waals surface area contributed by atoms with Crippen molar-refractivity contribution >= 4 is 5.84 Å². The second kappa shape index (κ2) is 9.16. The Morgan fingerprint density at radius 2 is 2.11 bits per heavy atom. The highest BCUT2D eigenvalue weighted by molar-refractivity contribution is 5.85. The van der Waals surface area contributed by atoms with Gasteiger partial charge in [-0.15, -0.1) is 0 Å². The summed E-state index contributed by atoms with van der Waals surface area (Å²) in [6, 6.07) is 0. The Hall–Kier alpha value is -0.810. The molecule has 0 bridgehead atoms. The highest BCUT2D eigenvalue weighted by atomic mass is 16.5. The molecule has 0 aliphatic rings. The van der Waals surface area contributed by atoms with E-state index in [0.717, 1.165) is 39.0 Å². The van der Waals surface area contributed by atoms with E-state index in [0.29, 0.717) is 11.8 Å². The Balaban J connectivity index is 3.57. The predicted octanol–water partition coefficient (Wildman–Crippen LogP) is 1.80. The molecule has 0 heterocycles. The first-order chi connectivity index (χ1) is 8.44. The summed E-state index contributed by atoms with van der Waals surface area (Å²) in [5.74, 6) is 0.854. The summed E-state index contributed by atoms with van der Waals surface area (Å²) in [6.07, 6.45) is 3.09. The van der Waals surface area contributed by atoms with Crippen LogP contribution in [-0.2, 0) is 4.74 Å². The van der Waals surface area contributed by atoms with Gasteiger partial charge in [0.25, 0.3) is 0 Å². The molecule has 0 fully saturated rings. The molecule has 1 unspecified atom stereocenters. The van der Waals surface area contributed by atoms with Crippen molar-refractivity contribution in [3.8, 4) is 0 Å². The molecule has 0 amide bonds. The highest BCUT2D eigenvalue weighted by Gasteiger charge is 2.22. The van der Waals surface area contributed by atoms with E-state index in [4.69, 9.17) is 15.7 Å². The minimum Gasteiger partial charge on any atom is -0.409 e. The fourth-order valence-corrected chi connectivity index (χ4v) is 1.77. The molecule has 108 valence electrons. The minimum atomic E-state index is -0.224. The number of ether oxygens (including phenoxy) is 1. The second-order valence-corrected chi connectivity index (χ2v) is 5.59. The maximum atomic E-state index is 8.66. The molecule has 4 N–H and O–H groups in total. The van der Waals surface area contributed by atoms with Gasteiger partial charge in [-0.1, -0.05) is 32.3 Å². The molecule has 0 aliphatic heterocycles. The third kappa shape index (κ3) is 7.50. The molecule has 0 spiro atoms. The van der Waals surface area contributed by atoms with Crippen LogP contribution in [0.3, 0.4) is 0 Å². The van der Waals surface area contributed by atoms with Gasteiger partial charge in [0.15, 0.2) is 0 Å². The molecule has 18 heavy (non-hydrogen) atoms. The Labute approximate surface area is 111 Å². The van der Waals surface area contributed by atoms with Crippen molar-refractivity contribution in [1.29, 1.82) is 0 Å². The summed E-state index contributed by atoms with van der Waals surface area (Å²) in [5.41, 5.74) is 5.41. The second-order valence-electron chi connectivity index (χ2n) is 5.59. The van der Waals surface area contributed by atoms with Crippen LogP contribution in [-0.4, -0.2) is 37.8 Å². The van der Waals surface area contributed by atoms with Crippen molar-refractivity contribution < 1.29 is 9.94 Å². The summed E-state index contributed by atoms with van der Waals surface area (Å²) in [6.45, 7) is 8.94. The van der Waals surface area contributed by atoms with E-state index < -0.39 is 0 Å². The third-order valence-electron chi connectivity index (χ3n) is 3.15. The molecule has 0 aliphatic carbocycles. The average Bonchev–Trinajstić information content (AvgIpc) is 2.32. The topological polar surface area (TPSA) is 79.9 Å². The standard InChI is InChI=1S/C13H29N3O2/c1-11(10-18-4)9-15-8-6-5-7-13(2,3)12(14)16-17/h11,15,17H,5-10H2,1-4H3,(H2,14,16). The zero-order valence-corrected chi connectivity index (χ0v) is 12.2. The zero-order chi connectivity index (χ0) is 14.0. The number of hydrogen-bond acceptors (Lipinski definition) is 4. The monoisotopic (exact) mass is 259 g/mol. The van der Waals surface area contributed by atoms with Crippen molar-refractivity contribution in [1.82, 2.24) is 5.32 Å². The minimum absolute atomic E-state index is 0.224. The highest BCUT2D eigenvalue weighted by Crippen LogP contribution is 2.22. The lowest BCUT2D eigenvalue weighted by atomic mass is 9.86. The van der Waals surface area contributed by atoms with E-state index in [1.165, 1.54) is 0 Å². The van der Waals surface area contributed by atoms with Crippen LogP contribution in [0.15, 0.2) is 5.16 Å². The van der Waals surface area contributed by atoms with Gasteiger partial charge >= 0.3 is 0 Å². The van der Waals surface area contributed by atoms with Crippen molar-refractivity contribution in [2.75, 3.05) is 26.8 Å². The molecular weight excluding hydrogens is 230 g/mol. The number of oxime groups is 1. The molecule has 0 saturated carbocycles. The molecule has 0 radical (unpaired) electrons. The smallest absolute Gasteiger partial charge is 0.144 e. The van der Waals surface area contributed by atoms with Crippen LogP contribution in [0.4, 0.5) is 0 Å². The van der Waals surface area contributed by atoms with Crippen molar-refractivity contribution in [3.05, 3.63) is 0 Å². The van der Waals surface area contributed by atoms with E-state index in [2.05, 4.69) is 17.4 Å². The fourth-order valence-electron chi connectivity index (χ4n) is 1.77. The molecule has 0 rings (SSSR count). The summed E-state index contributed by atoms with van der Waals surface area (Å²) < 4.78 is 5.07. The summed E-state index contributed by atoms with van der Waals surface area (Å²) >= 11 is 0. The quantitative estimate of drug-likeness (QED) is 0.184. The first-order valence-corrected chi connectivity index (χ1v) is 6.61. The number of hydrogen-bond donors (Lipinski definition) is 3. The first kappa shape index (κ1) is 17.2. The van der Waals surface area contributed by atoms with Gasteiger partial charge in [-0.25, -0.2) is 0 Å². The number of nitrogens with zero attached hydrogens (tertiary/aromatic N) is 1. The van der Waals surface area contributed by atoms with Gasteiger partial charge in [0.2, 0.25) is 0 Å². The van der Waals surface area contributed by atoms with E-state index >= 15 is 0 Å². The van der Waals surface area contributed by atoms with E-state index in [1.807, 2.05) is 13.8 Å². The van der Waals surface area contributed by atoms with Crippen LogP contribution in [0.5, 0.6) is 0 Å². The number of rotatable bonds is 10. The zero-order valence-electron chi connectivity index (χ0n) is 12.2. The van der Waals surface area contributed by atoms with E-state index in [-0.39, 0.29) is 5.41 Å². The fraction of sp³-hybridized carbons (Fsp3) is 0.923. The average molecular weight is 259 g/mol. The molecule has 0 aromatic rings. The van der Waals surface area contributed by atoms with Gasteiger partial charge in [0, 0.05) is 19.1 Å². The van der Waals surface area contributed by atoms with Crippen LogP contribution >= 0.6 is 0 Å². The number of nitrogens with two attached hydrogens (primary N) is 1. The summed E-state index contributed by atoms with van der Waals surface area (Å²) in [4.78, 5) is 0. The predicted molar refractivity (Wildman–Crippen MR) is 75.0 cm³/mol. The maximum Gasteiger partial charge on any atom is 0.144 e. The Kier molecular flexibility index (Phi) is 8.75. The Morgan fingerprint density at radius 3 is 2.67 bits per heavy atom. The lowest BCUT2D eigenvalue weighted by Crippen LogP contribution is -2.32. The molecule has 0 aromatic carbocycles. The van der Waals surface area contributed by atoms with Crippen molar-refractivity contribution in [2.24, 2.45) is 22.2 Å². The first-order valence-electron chi connectivity index (χ1n) is 6.61. The molecule has 0 aromatic heterocycles.